The third kappa shape index (κ3) is 4.76. The third-order valence-electron chi connectivity index (χ3n) is 3.08. The average Bonchev–Trinajstić information content (AvgIpc) is 2.48. The second-order valence-electron chi connectivity index (χ2n) is 4.81. The molecule has 0 aliphatic heterocycles. The van der Waals surface area contributed by atoms with Crippen molar-refractivity contribution in [2.24, 2.45) is 0 Å². The summed E-state index contributed by atoms with van der Waals surface area (Å²) in [6.07, 6.45) is 0.858. The maximum Gasteiger partial charge on any atom is 0.239 e. The molecule has 0 atom stereocenters. The molecule has 0 unspecified atom stereocenters. The monoisotopic (exact) mass is 268 g/mol. The Bertz CT molecular complexity index is 535. The fourth-order valence-electron chi connectivity index (χ4n) is 1.91. The van der Waals surface area contributed by atoms with Crippen LogP contribution >= 0.6 is 0 Å². The van der Waals surface area contributed by atoms with Gasteiger partial charge in [-0.15, -0.1) is 0 Å². The van der Waals surface area contributed by atoms with E-state index in [2.05, 4.69) is 22.8 Å². The topological polar surface area (TPSA) is 41.1 Å². The first-order valence-electron chi connectivity index (χ1n) is 6.85. The number of amides is 1. The molecule has 20 heavy (non-hydrogen) atoms. The summed E-state index contributed by atoms with van der Waals surface area (Å²) in [6, 6.07) is 18.2. The number of hydrogen-bond acceptors (Lipinski definition) is 2. The van der Waals surface area contributed by atoms with E-state index in [0.717, 1.165) is 12.1 Å². The first-order valence-corrected chi connectivity index (χ1v) is 6.85. The molecule has 0 saturated carbocycles. The lowest BCUT2D eigenvalue weighted by molar-refractivity contribution is -0.119. The zero-order valence-corrected chi connectivity index (χ0v) is 11.7. The van der Waals surface area contributed by atoms with Gasteiger partial charge in [0.2, 0.25) is 5.91 Å². The van der Waals surface area contributed by atoms with Gasteiger partial charge in [-0.25, -0.2) is 0 Å². The quantitative estimate of drug-likeness (QED) is 0.846. The molecule has 0 aliphatic rings. The van der Waals surface area contributed by atoms with Gasteiger partial charge in [0.15, 0.2) is 0 Å². The van der Waals surface area contributed by atoms with Crippen molar-refractivity contribution < 1.29 is 4.79 Å². The normalized spacial score (nSPS) is 10.1. The van der Waals surface area contributed by atoms with Gasteiger partial charge < -0.3 is 10.6 Å². The predicted octanol–water partition coefficient (Wildman–Crippen LogP) is 2.77. The molecule has 0 aliphatic carbocycles. The van der Waals surface area contributed by atoms with E-state index in [1.54, 1.807) is 0 Å². The predicted molar refractivity (Wildman–Crippen MR) is 82.8 cm³/mol. The molecule has 0 fully saturated rings. The van der Waals surface area contributed by atoms with Gasteiger partial charge in [0.25, 0.3) is 0 Å². The molecule has 0 radical (unpaired) electrons. The summed E-state index contributed by atoms with van der Waals surface area (Å²) in [5.41, 5.74) is 3.41. The van der Waals surface area contributed by atoms with Crippen LogP contribution in [-0.2, 0) is 11.2 Å². The number of hydrogen-bond donors (Lipinski definition) is 2. The van der Waals surface area contributed by atoms with Crippen molar-refractivity contribution in [1.29, 1.82) is 0 Å². The lowest BCUT2D eigenvalue weighted by atomic mass is 10.1. The molecule has 3 nitrogen and oxygen atoms in total. The summed E-state index contributed by atoms with van der Waals surface area (Å²) in [7, 11) is 0. The van der Waals surface area contributed by atoms with Gasteiger partial charge in [-0.05, 0) is 31.0 Å². The maximum absolute atomic E-state index is 11.7. The minimum atomic E-state index is 0.0153. The molecule has 104 valence electrons. The van der Waals surface area contributed by atoms with Crippen molar-refractivity contribution in [2.45, 2.75) is 13.3 Å². The van der Waals surface area contributed by atoms with E-state index in [1.807, 2.05) is 49.4 Å². The molecule has 2 N–H and O–H groups in total. The van der Waals surface area contributed by atoms with Crippen LogP contribution in [-0.4, -0.2) is 19.0 Å². The van der Waals surface area contributed by atoms with Crippen molar-refractivity contribution in [3.05, 3.63) is 65.7 Å². The summed E-state index contributed by atoms with van der Waals surface area (Å²) < 4.78 is 0. The summed E-state index contributed by atoms with van der Waals surface area (Å²) >= 11 is 0. The van der Waals surface area contributed by atoms with E-state index in [0.29, 0.717) is 13.1 Å². The zero-order valence-electron chi connectivity index (χ0n) is 11.7. The van der Waals surface area contributed by atoms with Gasteiger partial charge >= 0.3 is 0 Å². The molecule has 0 spiro atoms. The summed E-state index contributed by atoms with van der Waals surface area (Å²) in [6.45, 7) is 3.01. The van der Waals surface area contributed by atoms with Crippen LogP contribution < -0.4 is 10.6 Å². The Morgan fingerprint density at radius 3 is 2.40 bits per heavy atom. The first-order chi connectivity index (χ1) is 9.74. The molecule has 0 bridgehead atoms. The number of aryl methyl sites for hydroxylation is 1. The summed E-state index contributed by atoms with van der Waals surface area (Å²) in [5.74, 6) is 0.0153. The Balaban J connectivity index is 1.67. The highest BCUT2D eigenvalue weighted by Gasteiger charge is 2.00. The fourth-order valence-corrected chi connectivity index (χ4v) is 1.91. The van der Waals surface area contributed by atoms with Gasteiger partial charge in [-0.2, -0.15) is 0 Å². The second kappa shape index (κ2) is 7.34. The molecule has 0 saturated heterocycles. The average molecular weight is 268 g/mol. The highest BCUT2D eigenvalue weighted by atomic mass is 16.1. The lowest BCUT2D eigenvalue weighted by Crippen LogP contribution is -2.31. The minimum absolute atomic E-state index is 0.0153. The van der Waals surface area contributed by atoms with Crippen molar-refractivity contribution in [3.8, 4) is 0 Å². The van der Waals surface area contributed by atoms with Crippen molar-refractivity contribution in [1.82, 2.24) is 5.32 Å². The number of rotatable bonds is 6. The molecule has 2 aromatic carbocycles. The standard InChI is InChI=1S/C17H20N2O/c1-14-7-9-16(10-8-14)19-13-17(20)18-12-11-15-5-3-2-4-6-15/h2-10,19H,11-13H2,1H3,(H,18,20). The maximum atomic E-state index is 11.7. The molecule has 0 aromatic heterocycles. The van der Waals surface area contributed by atoms with Crippen LogP contribution in [0.4, 0.5) is 5.69 Å². The van der Waals surface area contributed by atoms with Gasteiger partial charge in [-0.1, -0.05) is 48.0 Å². The van der Waals surface area contributed by atoms with Gasteiger partial charge in [0, 0.05) is 12.2 Å². The van der Waals surface area contributed by atoms with Crippen LogP contribution in [0, 0.1) is 6.92 Å². The number of anilines is 1. The highest BCUT2D eigenvalue weighted by molar-refractivity contribution is 5.80. The number of nitrogens with one attached hydrogen (secondary N) is 2. The van der Waals surface area contributed by atoms with E-state index >= 15 is 0 Å². The van der Waals surface area contributed by atoms with Crippen LogP contribution in [0.2, 0.25) is 0 Å². The Hall–Kier alpha value is -2.29. The van der Waals surface area contributed by atoms with Crippen molar-refractivity contribution in [2.75, 3.05) is 18.4 Å². The Labute approximate surface area is 120 Å². The smallest absolute Gasteiger partial charge is 0.239 e. The van der Waals surface area contributed by atoms with E-state index in [-0.39, 0.29) is 5.91 Å². The van der Waals surface area contributed by atoms with E-state index < -0.39 is 0 Å². The molecular formula is C17H20N2O. The van der Waals surface area contributed by atoms with Gasteiger partial charge in [0.05, 0.1) is 6.54 Å². The van der Waals surface area contributed by atoms with Crippen LogP contribution in [0.3, 0.4) is 0 Å². The number of benzene rings is 2. The number of carbonyl (C=O) groups excluding carboxylic acids is 1. The van der Waals surface area contributed by atoms with Crippen molar-refractivity contribution >= 4 is 11.6 Å². The first kappa shape index (κ1) is 14.1. The SMILES string of the molecule is Cc1ccc(NCC(=O)NCCc2ccccc2)cc1. The molecule has 0 heterocycles. The fraction of sp³-hybridized carbons (Fsp3) is 0.235. The molecule has 1 amide bonds. The summed E-state index contributed by atoms with van der Waals surface area (Å²) in [5, 5.41) is 6.02. The molecule has 3 heteroatoms. The van der Waals surface area contributed by atoms with E-state index in [4.69, 9.17) is 0 Å². The molecule has 2 rings (SSSR count). The van der Waals surface area contributed by atoms with E-state index in [9.17, 15) is 4.79 Å². The Morgan fingerprint density at radius 2 is 1.70 bits per heavy atom. The number of carbonyl (C=O) groups is 1. The van der Waals surface area contributed by atoms with E-state index in [1.165, 1.54) is 11.1 Å². The lowest BCUT2D eigenvalue weighted by Gasteiger charge is -2.08. The minimum Gasteiger partial charge on any atom is -0.376 e. The van der Waals surface area contributed by atoms with Gasteiger partial charge in [0.1, 0.15) is 0 Å². The highest BCUT2D eigenvalue weighted by Crippen LogP contribution is 2.07. The van der Waals surface area contributed by atoms with Crippen LogP contribution in [0.15, 0.2) is 54.6 Å². The Morgan fingerprint density at radius 1 is 1.00 bits per heavy atom. The Kier molecular flexibility index (Phi) is 5.18. The van der Waals surface area contributed by atoms with Crippen LogP contribution in [0.1, 0.15) is 11.1 Å². The molecular weight excluding hydrogens is 248 g/mol. The summed E-state index contributed by atoms with van der Waals surface area (Å²) in [4.78, 5) is 11.7. The van der Waals surface area contributed by atoms with Crippen LogP contribution in [0.25, 0.3) is 0 Å². The zero-order chi connectivity index (χ0) is 14.2. The molecule has 2 aromatic rings. The second-order valence-corrected chi connectivity index (χ2v) is 4.81. The van der Waals surface area contributed by atoms with Gasteiger partial charge in [-0.3, -0.25) is 4.79 Å². The third-order valence-corrected chi connectivity index (χ3v) is 3.08. The van der Waals surface area contributed by atoms with Crippen LogP contribution in [0.5, 0.6) is 0 Å². The largest absolute Gasteiger partial charge is 0.376 e. The van der Waals surface area contributed by atoms with Crippen molar-refractivity contribution in [3.63, 3.8) is 0 Å².